The molecule has 136 valence electrons. The third-order valence-electron chi connectivity index (χ3n) is 4.00. The van der Waals surface area contributed by atoms with Crippen LogP contribution in [0.3, 0.4) is 0 Å². The summed E-state index contributed by atoms with van der Waals surface area (Å²) in [6, 6.07) is -0.662. The van der Waals surface area contributed by atoms with Crippen LogP contribution < -0.4 is 11.1 Å². The summed E-state index contributed by atoms with van der Waals surface area (Å²) in [5, 5.41) is 2.94. The maximum atomic E-state index is 13.0. The van der Waals surface area contributed by atoms with Crippen molar-refractivity contribution in [2.24, 2.45) is 0 Å². The molecule has 0 spiro atoms. The van der Waals surface area contributed by atoms with Gasteiger partial charge in [-0.15, -0.1) is 0 Å². The second-order valence-corrected chi connectivity index (χ2v) is 8.02. The van der Waals surface area contributed by atoms with Crippen molar-refractivity contribution in [3.63, 3.8) is 0 Å². The van der Waals surface area contributed by atoms with Gasteiger partial charge in [-0.05, 0) is 43.4 Å². The number of nitrogens with one attached hydrogen (secondary N) is 1. The second kappa shape index (κ2) is 8.07. The van der Waals surface area contributed by atoms with Crippen molar-refractivity contribution < 1.29 is 13.2 Å². The summed E-state index contributed by atoms with van der Waals surface area (Å²) >= 11 is 6.24. The van der Waals surface area contributed by atoms with Crippen LogP contribution in [0.25, 0.3) is 0 Å². The standard InChI is InChI=1S/C16H26ClN3O3S/c1-6-8-12-14(18)13(17)10(3)11(4)15(12)24(22,23)20(5)16(21)19-9-7-2/h6-9,18H2,1-5H3,(H,19,21). The number of sulfonamides is 1. The van der Waals surface area contributed by atoms with E-state index in [0.29, 0.717) is 47.5 Å². The quantitative estimate of drug-likeness (QED) is 0.746. The molecular weight excluding hydrogens is 350 g/mol. The first-order valence-electron chi connectivity index (χ1n) is 7.94. The van der Waals surface area contributed by atoms with E-state index in [1.807, 2.05) is 13.8 Å². The Bertz CT molecular complexity index is 733. The van der Waals surface area contributed by atoms with E-state index in [0.717, 1.165) is 4.31 Å². The Kier molecular flexibility index (Phi) is 6.92. The van der Waals surface area contributed by atoms with E-state index in [1.165, 1.54) is 7.05 Å². The molecule has 0 atom stereocenters. The molecule has 0 saturated heterocycles. The van der Waals surface area contributed by atoms with Crippen molar-refractivity contribution in [2.45, 2.75) is 51.9 Å². The SMILES string of the molecule is CCCNC(=O)N(C)S(=O)(=O)c1c(C)c(C)c(Cl)c(N)c1CCC. The van der Waals surface area contributed by atoms with Crippen LogP contribution in [0.5, 0.6) is 0 Å². The number of hydrogen-bond acceptors (Lipinski definition) is 4. The predicted molar refractivity (Wildman–Crippen MR) is 98.0 cm³/mol. The summed E-state index contributed by atoms with van der Waals surface area (Å²) in [7, 11) is -2.79. The van der Waals surface area contributed by atoms with Crippen LogP contribution in [0.2, 0.25) is 5.02 Å². The van der Waals surface area contributed by atoms with E-state index in [2.05, 4.69) is 5.32 Å². The van der Waals surface area contributed by atoms with E-state index in [1.54, 1.807) is 13.8 Å². The van der Waals surface area contributed by atoms with Gasteiger partial charge in [0.25, 0.3) is 10.0 Å². The van der Waals surface area contributed by atoms with Crippen LogP contribution in [-0.2, 0) is 16.4 Å². The molecule has 0 aromatic heterocycles. The van der Waals surface area contributed by atoms with Crippen LogP contribution in [-0.4, -0.2) is 32.3 Å². The fourth-order valence-electron chi connectivity index (χ4n) is 2.45. The molecule has 6 nitrogen and oxygen atoms in total. The molecule has 0 aliphatic carbocycles. The Morgan fingerprint density at radius 2 is 1.79 bits per heavy atom. The maximum Gasteiger partial charge on any atom is 0.331 e. The fraction of sp³-hybridized carbons (Fsp3) is 0.562. The Morgan fingerprint density at radius 1 is 1.21 bits per heavy atom. The summed E-state index contributed by atoms with van der Waals surface area (Å²) in [6.07, 6.45) is 1.88. The number of anilines is 1. The number of carbonyl (C=O) groups excluding carboxylic acids is 1. The van der Waals surface area contributed by atoms with Crippen molar-refractivity contribution in [3.8, 4) is 0 Å². The molecule has 0 unspecified atom stereocenters. The number of rotatable bonds is 6. The first-order valence-corrected chi connectivity index (χ1v) is 9.76. The van der Waals surface area contributed by atoms with Crippen molar-refractivity contribution in [1.29, 1.82) is 0 Å². The number of benzene rings is 1. The Labute approximate surface area is 149 Å². The first-order chi connectivity index (χ1) is 11.1. The topological polar surface area (TPSA) is 92.5 Å². The second-order valence-electron chi connectivity index (χ2n) is 5.74. The van der Waals surface area contributed by atoms with Gasteiger partial charge in [0.05, 0.1) is 15.6 Å². The van der Waals surface area contributed by atoms with Gasteiger partial charge in [0.2, 0.25) is 0 Å². The van der Waals surface area contributed by atoms with E-state index in [9.17, 15) is 13.2 Å². The van der Waals surface area contributed by atoms with Crippen molar-refractivity contribution >= 4 is 33.3 Å². The lowest BCUT2D eigenvalue weighted by atomic mass is 10.0. The molecule has 0 aliphatic heterocycles. The van der Waals surface area contributed by atoms with E-state index >= 15 is 0 Å². The van der Waals surface area contributed by atoms with Crippen molar-refractivity contribution in [1.82, 2.24) is 9.62 Å². The summed E-state index contributed by atoms with van der Waals surface area (Å²) in [5.74, 6) is 0. The third kappa shape index (κ3) is 3.78. The molecule has 0 aliphatic rings. The summed E-state index contributed by atoms with van der Waals surface area (Å²) in [5.41, 5.74) is 7.94. The number of halogens is 1. The number of nitrogen functional groups attached to an aromatic ring is 1. The highest BCUT2D eigenvalue weighted by Gasteiger charge is 2.32. The fourth-order valence-corrected chi connectivity index (χ4v) is 4.33. The zero-order valence-electron chi connectivity index (χ0n) is 14.9. The Hall–Kier alpha value is -1.47. The summed E-state index contributed by atoms with van der Waals surface area (Å²) in [4.78, 5) is 12.2. The number of hydrogen-bond donors (Lipinski definition) is 2. The molecule has 0 bridgehead atoms. The van der Waals surface area contributed by atoms with E-state index < -0.39 is 16.1 Å². The van der Waals surface area contributed by atoms with Gasteiger partial charge in [-0.2, -0.15) is 0 Å². The Morgan fingerprint density at radius 3 is 2.29 bits per heavy atom. The molecule has 1 aromatic rings. The van der Waals surface area contributed by atoms with Gasteiger partial charge < -0.3 is 11.1 Å². The lowest BCUT2D eigenvalue weighted by Gasteiger charge is -2.24. The molecule has 2 amide bonds. The molecule has 8 heteroatoms. The number of urea groups is 1. The minimum atomic E-state index is -4.03. The maximum absolute atomic E-state index is 13.0. The molecular formula is C16H26ClN3O3S. The smallest absolute Gasteiger partial charge is 0.331 e. The van der Waals surface area contributed by atoms with Crippen molar-refractivity contribution in [3.05, 3.63) is 21.7 Å². The Balaban J connectivity index is 3.56. The molecule has 0 saturated carbocycles. The van der Waals surface area contributed by atoms with Gasteiger partial charge in [0, 0.05) is 13.6 Å². The normalized spacial score (nSPS) is 11.4. The van der Waals surface area contributed by atoms with Gasteiger partial charge in [-0.25, -0.2) is 17.5 Å². The zero-order valence-corrected chi connectivity index (χ0v) is 16.4. The average Bonchev–Trinajstić information content (AvgIpc) is 2.54. The summed E-state index contributed by atoms with van der Waals surface area (Å²) in [6.45, 7) is 7.63. The largest absolute Gasteiger partial charge is 0.397 e. The molecule has 24 heavy (non-hydrogen) atoms. The molecule has 0 fully saturated rings. The molecule has 3 N–H and O–H groups in total. The van der Waals surface area contributed by atoms with Crippen LogP contribution in [0.15, 0.2) is 4.90 Å². The third-order valence-corrected chi connectivity index (χ3v) is 6.44. The van der Waals surface area contributed by atoms with Gasteiger partial charge >= 0.3 is 6.03 Å². The minimum absolute atomic E-state index is 0.0814. The summed E-state index contributed by atoms with van der Waals surface area (Å²) < 4.78 is 26.8. The highest BCUT2D eigenvalue weighted by Crippen LogP contribution is 2.37. The molecule has 0 heterocycles. The number of amides is 2. The van der Waals surface area contributed by atoms with Crippen LogP contribution >= 0.6 is 11.6 Å². The average molecular weight is 376 g/mol. The van der Waals surface area contributed by atoms with E-state index in [4.69, 9.17) is 17.3 Å². The lowest BCUT2D eigenvalue weighted by molar-refractivity contribution is 0.228. The van der Waals surface area contributed by atoms with E-state index in [-0.39, 0.29) is 10.6 Å². The highest BCUT2D eigenvalue weighted by molar-refractivity contribution is 7.89. The number of nitrogens with zero attached hydrogens (tertiary/aromatic N) is 1. The molecule has 1 aromatic carbocycles. The van der Waals surface area contributed by atoms with Crippen LogP contribution in [0, 0.1) is 13.8 Å². The lowest BCUT2D eigenvalue weighted by Crippen LogP contribution is -2.42. The molecule has 1 rings (SSSR count). The first kappa shape index (κ1) is 20.6. The van der Waals surface area contributed by atoms with Gasteiger partial charge in [0.1, 0.15) is 0 Å². The predicted octanol–water partition coefficient (Wildman–Crippen LogP) is 3.23. The zero-order chi connectivity index (χ0) is 18.7. The minimum Gasteiger partial charge on any atom is -0.397 e. The highest BCUT2D eigenvalue weighted by atomic mass is 35.5. The number of carbonyl (C=O) groups is 1. The van der Waals surface area contributed by atoms with Crippen molar-refractivity contribution in [2.75, 3.05) is 19.3 Å². The molecule has 0 radical (unpaired) electrons. The van der Waals surface area contributed by atoms with Crippen LogP contribution in [0.4, 0.5) is 10.5 Å². The monoisotopic (exact) mass is 375 g/mol. The van der Waals surface area contributed by atoms with Gasteiger partial charge in [-0.3, -0.25) is 0 Å². The van der Waals surface area contributed by atoms with Gasteiger partial charge in [-0.1, -0.05) is 31.9 Å². The van der Waals surface area contributed by atoms with Crippen LogP contribution in [0.1, 0.15) is 43.4 Å². The number of nitrogens with two attached hydrogens (primary N) is 1. The van der Waals surface area contributed by atoms with Gasteiger partial charge in [0.15, 0.2) is 0 Å².